The Labute approximate surface area is 112 Å². The fraction of sp³-hybridized carbons (Fsp3) is 0.692. The maximum Gasteiger partial charge on any atom is 0.410 e. The zero-order chi connectivity index (χ0) is 14.2. The number of hydrogen-bond acceptors (Lipinski definition) is 3. The number of anilines is 1. The molecule has 1 aliphatic rings. The van der Waals surface area contributed by atoms with Crippen LogP contribution in [0.4, 0.5) is 10.6 Å². The van der Waals surface area contributed by atoms with Crippen LogP contribution in [-0.2, 0) is 5.54 Å². The van der Waals surface area contributed by atoms with Gasteiger partial charge in [-0.15, -0.1) is 0 Å². The number of amides is 1. The van der Waals surface area contributed by atoms with Crippen LogP contribution in [0.2, 0.25) is 0 Å². The molecule has 1 aromatic heterocycles. The van der Waals surface area contributed by atoms with Crippen molar-refractivity contribution in [3.63, 3.8) is 0 Å². The highest BCUT2D eigenvalue weighted by Crippen LogP contribution is 2.37. The smallest absolute Gasteiger partial charge is 0.410 e. The van der Waals surface area contributed by atoms with E-state index in [1.54, 1.807) is 6.07 Å². The minimum absolute atomic E-state index is 0.221. The molecule has 0 aliphatic heterocycles. The Morgan fingerprint density at radius 3 is 2.63 bits per heavy atom. The van der Waals surface area contributed by atoms with Gasteiger partial charge in [0, 0.05) is 17.7 Å². The molecule has 0 aromatic carbocycles. The molecule has 3 N–H and O–H groups in total. The molecule has 19 heavy (non-hydrogen) atoms. The van der Waals surface area contributed by atoms with Crippen LogP contribution in [0.3, 0.4) is 0 Å². The highest BCUT2D eigenvalue weighted by molar-refractivity contribution is 5.81. The van der Waals surface area contributed by atoms with Crippen LogP contribution < -0.4 is 5.32 Å². The lowest BCUT2D eigenvalue weighted by Crippen LogP contribution is -2.26. The Morgan fingerprint density at radius 2 is 2.16 bits per heavy atom. The third-order valence-corrected chi connectivity index (χ3v) is 3.43. The average Bonchev–Trinajstić information content (AvgIpc) is 2.82. The number of carboxylic acid groups (broad SMARTS) is 1. The van der Waals surface area contributed by atoms with Gasteiger partial charge < -0.3 is 10.2 Å². The summed E-state index contributed by atoms with van der Waals surface area (Å²) in [6.07, 6.45) is 1.05. The van der Waals surface area contributed by atoms with E-state index in [1.165, 1.54) is 0 Å². The molecule has 1 heterocycles. The van der Waals surface area contributed by atoms with Crippen molar-refractivity contribution in [2.75, 3.05) is 5.32 Å². The summed E-state index contributed by atoms with van der Waals surface area (Å²) >= 11 is 0. The van der Waals surface area contributed by atoms with Crippen molar-refractivity contribution in [1.29, 1.82) is 0 Å². The Bertz CT molecular complexity index is 476. The number of aromatic nitrogens is 2. The summed E-state index contributed by atoms with van der Waals surface area (Å²) in [7, 11) is 0. The predicted octanol–water partition coefficient (Wildman–Crippen LogP) is 2.36. The second-order valence-corrected chi connectivity index (χ2v) is 6.13. The summed E-state index contributed by atoms with van der Waals surface area (Å²) in [6.45, 7) is 6.08. The van der Waals surface area contributed by atoms with E-state index in [9.17, 15) is 9.90 Å². The van der Waals surface area contributed by atoms with Crippen LogP contribution in [0.15, 0.2) is 6.07 Å². The molecular formula is C13H21N3O3. The third kappa shape index (κ3) is 3.07. The van der Waals surface area contributed by atoms with Crippen LogP contribution in [0.5, 0.6) is 0 Å². The molecule has 1 aromatic rings. The van der Waals surface area contributed by atoms with Crippen LogP contribution in [-0.4, -0.2) is 32.2 Å². The third-order valence-electron chi connectivity index (χ3n) is 3.43. The number of aliphatic hydroxyl groups is 1. The molecule has 2 rings (SSSR count). The van der Waals surface area contributed by atoms with Crippen molar-refractivity contribution in [2.24, 2.45) is 0 Å². The summed E-state index contributed by atoms with van der Waals surface area (Å²) in [6, 6.07) is 1.78. The molecule has 1 saturated carbocycles. The Hall–Kier alpha value is -1.56. The van der Waals surface area contributed by atoms with E-state index >= 15 is 0 Å². The van der Waals surface area contributed by atoms with Crippen molar-refractivity contribution in [3.8, 4) is 0 Å². The molecule has 1 fully saturated rings. The molecule has 1 aliphatic carbocycles. The summed E-state index contributed by atoms with van der Waals surface area (Å²) < 4.78 is 1.86. The lowest BCUT2D eigenvalue weighted by molar-refractivity contribution is 0.180. The first kappa shape index (κ1) is 13.9. The standard InChI is InChI=1S/C13H21N3O3/c1-13(2,3)16-10(8-4-5-9(17)6-8)7-11(15-16)14-12(18)19/h7-9,17H,4-6H2,1-3H3,(H,14,15)(H,18,19)/t8-,9-/m0/s1. The first-order valence-corrected chi connectivity index (χ1v) is 6.56. The number of rotatable bonds is 2. The molecule has 0 unspecified atom stereocenters. The number of carbonyl (C=O) groups is 1. The molecule has 6 heteroatoms. The molecule has 1 amide bonds. The normalized spacial score (nSPS) is 23.6. The van der Waals surface area contributed by atoms with Gasteiger partial charge in [-0.25, -0.2) is 4.79 Å². The van der Waals surface area contributed by atoms with Gasteiger partial charge in [-0.2, -0.15) is 5.10 Å². The summed E-state index contributed by atoms with van der Waals surface area (Å²) in [5.41, 5.74) is 0.772. The lowest BCUT2D eigenvalue weighted by atomic mass is 10.0. The fourth-order valence-corrected chi connectivity index (χ4v) is 2.62. The van der Waals surface area contributed by atoms with Gasteiger partial charge in [0.1, 0.15) is 0 Å². The van der Waals surface area contributed by atoms with Crippen LogP contribution in [0, 0.1) is 0 Å². The lowest BCUT2D eigenvalue weighted by Gasteiger charge is -2.24. The number of nitrogens with zero attached hydrogens (tertiary/aromatic N) is 2. The summed E-state index contributed by atoms with van der Waals surface area (Å²) in [5.74, 6) is 0.588. The quantitative estimate of drug-likeness (QED) is 0.767. The van der Waals surface area contributed by atoms with Gasteiger partial charge >= 0.3 is 6.09 Å². The first-order valence-electron chi connectivity index (χ1n) is 6.56. The minimum atomic E-state index is -1.11. The fourth-order valence-electron chi connectivity index (χ4n) is 2.62. The second kappa shape index (κ2) is 4.85. The van der Waals surface area contributed by atoms with E-state index in [4.69, 9.17) is 5.11 Å². The summed E-state index contributed by atoms with van der Waals surface area (Å²) in [5, 5.41) is 25.1. The van der Waals surface area contributed by atoms with Crippen molar-refractivity contribution >= 4 is 11.9 Å². The van der Waals surface area contributed by atoms with Gasteiger partial charge in [-0.05, 0) is 40.0 Å². The maximum atomic E-state index is 10.7. The Morgan fingerprint density at radius 1 is 1.47 bits per heavy atom. The van der Waals surface area contributed by atoms with Gasteiger partial charge in [-0.3, -0.25) is 10.00 Å². The topological polar surface area (TPSA) is 87.4 Å². The molecule has 6 nitrogen and oxygen atoms in total. The monoisotopic (exact) mass is 267 g/mol. The molecular weight excluding hydrogens is 246 g/mol. The van der Waals surface area contributed by atoms with Crippen LogP contribution in [0.1, 0.15) is 51.6 Å². The molecule has 0 spiro atoms. The van der Waals surface area contributed by atoms with Crippen LogP contribution in [0.25, 0.3) is 0 Å². The average molecular weight is 267 g/mol. The van der Waals surface area contributed by atoms with Crippen molar-refractivity contribution in [1.82, 2.24) is 9.78 Å². The highest BCUT2D eigenvalue weighted by Gasteiger charge is 2.30. The molecule has 0 radical (unpaired) electrons. The molecule has 0 bridgehead atoms. The minimum Gasteiger partial charge on any atom is -0.465 e. The van der Waals surface area contributed by atoms with E-state index in [1.807, 2.05) is 25.5 Å². The van der Waals surface area contributed by atoms with Gasteiger partial charge in [-0.1, -0.05) is 0 Å². The van der Waals surface area contributed by atoms with Gasteiger partial charge in [0.25, 0.3) is 0 Å². The van der Waals surface area contributed by atoms with E-state index in [-0.39, 0.29) is 17.6 Å². The van der Waals surface area contributed by atoms with E-state index < -0.39 is 6.09 Å². The Kier molecular flexibility index (Phi) is 3.54. The molecule has 2 atom stereocenters. The van der Waals surface area contributed by atoms with E-state index in [0.29, 0.717) is 12.2 Å². The van der Waals surface area contributed by atoms with Crippen LogP contribution >= 0.6 is 0 Å². The van der Waals surface area contributed by atoms with Gasteiger partial charge in [0.15, 0.2) is 5.82 Å². The maximum absolute atomic E-state index is 10.7. The largest absolute Gasteiger partial charge is 0.465 e. The predicted molar refractivity (Wildman–Crippen MR) is 71.5 cm³/mol. The number of aliphatic hydroxyl groups excluding tert-OH is 1. The number of hydrogen-bond donors (Lipinski definition) is 3. The van der Waals surface area contributed by atoms with E-state index in [2.05, 4.69) is 10.4 Å². The SMILES string of the molecule is CC(C)(C)n1nc(NC(=O)O)cc1[C@H]1CC[C@H](O)C1. The van der Waals surface area contributed by atoms with Crippen molar-refractivity contribution in [3.05, 3.63) is 11.8 Å². The molecule has 106 valence electrons. The van der Waals surface area contributed by atoms with Gasteiger partial charge in [0.2, 0.25) is 0 Å². The second-order valence-electron chi connectivity index (χ2n) is 6.13. The first-order chi connectivity index (χ1) is 8.77. The molecule has 0 saturated heterocycles. The highest BCUT2D eigenvalue weighted by atomic mass is 16.4. The zero-order valence-corrected chi connectivity index (χ0v) is 11.6. The van der Waals surface area contributed by atoms with Gasteiger partial charge in [0.05, 0.1) is 11.6 Å². The Balaban J connectivity index is 2.34. The number of nitrogens with one attached hydrogen (secondary N) is 1. The van der Waals surface area contributed by atoms with Crippen molar-refractivity contribution < 1.29 is 15.0 Å². The zero-order valence-electron chi connectivity index (χ0n) is 11.6. The summed E-state index contributed by atoms with van der Waals surface area (Å²) in [4.78, 5) is 10.7. The van der Waals surface area contributed by atoms with E-state index in [0.717, 1.165) is 18.5 Å². The van der Waals surface area contributed by atoms with Crippen molar-refractivity contribution in [2.45, 2.75) is 57.6 Å².